The zero-order valence-corrected chi connectivity index (χ0v) is 11.4. The van der Waals surface area contributed by atoms with E-state index in [0.717, 1.165) is 6.92 Å². The molecule has 0 aliphatic rings. The number of nitrogens with one attached hydrogen (secondary N) is 3. The molecule has 0 atom stereocenters. The quantitative estimate of drug-likeness (QED) is 0.755. The largest absolute Gasteiger partial charge is 0.338 e. The van der Waals surface area contributed by atoms with Gasteiger partial charge in [0.1, 0.15) is 0 Å². The molecule has 104 valence electrons. The number of amides is 3. The van der Waals surface area contributed by atoms with Gasteiger partial charge in [0.25, 0.3) is 10.0 Å². The molecular weight excluding hydrogens is 270 g/mol. The van der Waals surface area contributed by atoms with Crippen molar-refractivity contribution in [3.05, 3.63) is 24.3 Å². The number of urea groups is 1. The Hall–Kier alpha value is -2.09. The average Bonchev–Trinajstić information content (AvgIpc) is 2.28. The van der Waals surface area contributed by atoms with Crippen molar-refractivity contribution < 1.29 is 18.0 Å². The fourth-order valence-electron chi connectivity index (χ4n) is 1.30. The van der Waals surface area contributed by atoms with Crippen molar-refractivity contribution in [1.29, 1.82) is 0 Å². The maximum Gasteiger partial charge on any atom is 0.319 e. The molecule has 8 heteroatoms. The second-order valence-corrected chi connectivity index (χ2v) is 5.35. The van der Waals surface area contributed by atoms with Gasteiger partial charge in [0.05, 0.1) is 4.90 Å². The summed E-state index contributed by atoms with van der Waals surface area (Å²) in [7, 11) is -3.84. The van der Waals surface area contributed by atoms with Gasteiger partial charge in [0, 0.05) is 19.2 Å². The minimum atomic E-state index is -3.84. The van der Waals surface area contributed by atoms with Crippen LogP contribution in [0.4, 0.5) is 10.5 Å². The van der Waals surface area contributed by atoms with Gasteiger partial charge in [-0.05, 0) is 31.2 Å². The molecule has 0 spiro atoms. The molecule has 1 rings (SSSR count). The van der Waals surface area contributed by atoms with Gasteiger partial charge >= 0.3 is 6.03 Å². The first-order chi connectivity index (χ1) is 8.85. The molecule has 1 aromatic carbocycles. The van der Waals surface area contributed by atoms with E-state index >= 15 is 0 Å². The van der Waals surface area contributed by atoms with Crippen molar-refractivity contribution in [3.8, 4) is 0 Å². The number of carbonyl (C=O) groups excluding carboxylic acids is 2. The van der Waals surface area contributed by atoms with E-state index in [1.807, 2.05) is 4.72 Å². The number of rotatable bonds is 4. The Balaban J connectivity index is 2.82. The van der Waals surface area contributed by atoms with Crippen molar-refractivity contribution in [1.82, 2.24) is 10.0 Å². The van der Waals surface area contributed by atoms with Crippen LogP contribution in [0.15, 0.2) is 29.2 Å². The molecule has 0 bridgehead atoms. The molecule has 0 fully saturated rings. The second kappa shape index (κ2) is 6.19. The summed E-state index contributed by atoms with van der Waals surface area (Å²) in [4.78, 5) is 22.0. The second-order valence-electron chi connectivity index (χ2n) is 3.67. The predicted molar refractivity (Wildman–Crippen MR) is 70.1 cm³/mol. The van der Waals surface area contributed by atoms with E-state index in [1.54, 1.807) is 6.92 Å². The highest BCUT2D eigenvalue weighted by Crippen LogP contribution is 2.13. The van der Waals surface area contributed by atoms with E-state index in [9.17, 15) is 18.0 Å². The van der Waals surface area contributed by atoms with Crippen LogP contribution in [-0.4, -0.2) is 26.9 Å². The number of benzene rings is 1. The van der Waals surface area contributed by atoms with Crippen LogP contribution in [0.1, 0.15) is 13.8 Å². The Bertz CT molecular complexity index is 566. The van der Waals surface area contributed by atoms with Crippen LogP contribution in [0, 0.1) is 0 Å². The maximum atomic E-state index is 11.6. The zero-order chi connectivity index (χ0) is 14.5. The Morgan fingerprint density at radius 1 is 1.16 bits per heavy atom. The smallest absolute Gasteiger partial charge is 0.319 e. The Labute approximate surface area is 111 Å². The summed E-state index contributed by atoms with van der Waals surface area (Å²) in [6.45, 7) is 3.38. The number of hydrogen-bond acceptors (Lipinski definition) is 4. The molecule has 3 amide bonds. The van der Waals surface area contributed by atoms with Gasteiger partial charge in [-0.15, -0.1) is 0 Å². The third kappa shape index (κ3) is 4.59. The summed E-state index contributed by atoms with van der Waals surface area (Å²) in [6, 6.07) is 5.09. The molecule has 0 unspecified atom stereocenters. The highest BCUT2D eigenvalue weighted by Gasteiger charge is 2.15. The number of carbonyl (C=O) groups is 2. The monoisotopic (exact) mass is 285 g/mol. The van der Waals surface area contributed by atoms with E-state index in [4.69, 9.17) is 0 Å². The molecule has 0 aliphatic heterocycles. The molecule has 0 aromatic heterocycles. The van der Waals surface area contributed by atoms with Crippen molar-refractivity contribution in [2.24, 2.45) is 0 Å². The fraction of sp³-hybridized carbons (Fsp3) is 0.273. The average molecular weight is 285 g/mol. The van der Waals surface area contributed by atoms with Gasteiger partial charge in [-0.25, -0.2) is 17.9 Å². The number of anilines is 1. The van der Waals surface area contributed by atoms with Crippen LogP contribution in [0.2, 0.25) is 0 Å². The molecule has 0 saturated carbocycles. The van der Waals surface area contributed by atoms with Crippen molar-refractivity contribution in [2.75, 3.05) is 11.9 Å². The van der Waals surface area contributed by atoms with E-state index in [0.29, 0.717) is 12.2 Å². The summed E-state index contributed by atoms with van der Waals surface area (Å²) in [5.41, 5.74) is 0.452. The highest BCUT2D eigenvalue weighted by atomic mass is 32.2. The first-order valence-corrected chi connectivity index (χ1v) is 7.02. The lowest BCUT2D eigenvalue weighted by atomic mass is 10.3. The summed E-state index contributed by atoms with van der Waals surface area (Å²) in [6.07, 6.45) is 0. The molecule has 7 nitrogen and oxygen atoms in total. The molecule has 3 N–H and O–H groups in total. The van der Waals surface area contributed by atoms with Crippen LogP contribution >= 0.6 is 0 Å². The molecular formula is C11H15N3O4S. The predicted octanol–water partition coefficient (Wildman–Crippen LogP) is 0.653. The zero-order valence-electron chi connectivity index (χ0n) is 10.6. The van der Waals surface area contributed by atoms with Crippen molar-refractivity contribution in [2.45, 2.75) is 18.7 Å². The van der Waals surface area contributed by atoms with E-state index in [1.165, 1.54) is 24.3 Å². The maximum absolute atomic E-state index is 11.6. The normalized spacial score (nSPS) is 10.6. The molecule has 0 heterocycles. The molecule has 0 saturated heterocycles. The van der Waals surface area contributed by atoms with Gasteiger partial charge < -0.3 is 10.6 Å². The minimum absolute atomic E-state index is 0.0517. The Morgan fingerprint density at radius 3 is 2.21 bits per heavy atom. The summed E-state index contributed by atoms with van der Waals surface area (Å²) in [5, 5.41) is 5.07. The van der Waals surface area contributed by atoms with Crippen molar-refractivity contribution in [3.63, 3.8) is 0 Å². The Kier molecular flexibility index (Phi) is 4.87. The fourth-order valence-corrected chi connectivity index (χ4v) is 2.29. The summed E-state index contributed by atoms with van der Waals surface area (Å²) >= 11 is 0. The van der Waals surface area contributed by atoms with Crippen LogP contribution < -0.4 is 15.4 Å². The molecule has 19 heavy (non-hydrogen) atoms. The lowest BCUT2D eigenvalue weighted by Gasteiger charge is -2.07. The Morgan fingerprint density at radius 2 is 1.74 bits per heavy atom. The lowest BCUT2D eigenvalue weighted by Crippen LogP contribution is -2.29. The van der Waals surface area contributed by atoms with Crippen LogP contribution in [-0.2, 0) is 14.8 Å². The van der Waals surface area contributed by atoms with E-state index in [2.05, 4.69) is 10.6 Å². The van der Waals surface area contributed by atoms with Gasteiger partial charge in [0.15, 0.2) is 0 Å². The molecule has 0 aliphatic carbocycles. The third-order valence-corrected chi connectivity index (χ3v) is 3.49. The summed E-state index contributed by atoms with van der Waals surface area (Å²) in [5.74, 6) is -0.662. The van der Waals surface area contributed by atoms with E-state index < -0.39 is 15.9 Å². The van der Waals surface area contributed by atoms with Gasteiger partial charge in [-0.1, -0.05) is 0 Å². The van der Waals surface area contributed by atoms with E-state index in [-0.39, 0.29) is 10.9 Å². The minimum Gasteiger partial charge on any atom is -0.338 e. The first kappa shape index (κ1) is 15.0. The van der Waals surface area contributed by atoms with Crippen LogP contribution in [0.5, 0.6) is 0 Å². The topological polar surface area (TPSA) is 104 Å². The number of hydrogen-bond donors (Lipinski definition) is 3. The van der Waals surface area contributed by atoms with Gasteiger partial charge in [0.2, 0.25) is 5.91 Å². The third-order valence-electron chi connectivity index (χ3n) is 2.04. The SMILES string of the molecule is CCNC(=O)Nc1ccc(S(=O)(=O)NC(C)=O)cc1. The van der Waals surface area contributed by atoms with Gasteiger partial charge in [-0.2, -0.15) is 0 Å². The lowest BCUT2D eigenvalue weighted by molar-refractivity contribution is -0.117. The van der Waals surface area contributed by atoms with Crippen LogP contribution in [0.3, 0.4) is 0 Å². The summed E-state index contributed by atoms with van der Waals surface area (Å²) < 4.78 is 25.1. The number of sulfonamides is 1. The van der Waals surface area contributed by atoms with Crippen molar-refractivity contribution >= 4 is 27.6 Å². The molecule has 1 aromatic rings. The van der Waals surface area contributed by atoms with Crippen LogP contribution in [0.25, 0.3) is 0 Å². The molecule has 0 radical (unpaired) electrons. The van der Waals surface area contributed by atoms with Gasteiger partial charge in [-0.3, -0.25) is 4.79 Å². The highest BCUT2D eigenvalue weighted by molar-refractivity contribution is 7.90. The first-order valence-electron chi connectivity index (χ1n) is 5.53. The standard InChI is InChI=1S/C11H15N3O4S/c1-3-12-11(16)13-9-4-6-10(7-5-9)19(17,18)14-8(2)15/h4-7H,3H2,1-2H3,(H,14,15)(H2,12,13,16).